The van der Waals surface area contributed by atoms with Crippen LogP contribution in [-0.4, -0.2) is 21.0 Å². The molecule has 2 aromatic rings. The van der Waals surface area contributed by atoms with E-state index in [9.17, 15) is 9.18 Å². The molecule has 0 fully saturated rings. The van der Waals surface area contributed by atoms with Crippen LogP contribution in [0.2, 0.25) is 0 Å². The number of halogens is 1. The lowest BCUT2D eigenvalue weighted by Gasteiger charge is -2.15. The van der Waals surface area contributed by atoms with Gasteiger partial charge in [-0.1, -0.05) is 0 Å². The molecule has 1 aromatic heterocycles. The van der Waals surface area contributed by atoms with Gasteiger partial charge in [-0.15, -0.1) is 0 Å². The molecule has 1 heterocycles. The first-order valence-corrected chi connectivity index (χ1v) is 5.88. The number of hydrogen-bond acceptors (Lipinski definition) is 2. The summed E-state index contributed by atoms with van der Waals surface area (Å²) in [6, 6.07) is 4.71. The highest BCUT2D eigenvalue weighted by molar-refractivity contribution is 5.79. The quantitative estimate of drug-likeness (QED) is 0.893. The maximum atomic E-state index is 13.2. The number of rotatable bonds is 3. The maximum absolute atomic E-state index is 13.2. The lowest BCUT2D eigenvalue weighted by Crippen LogP contribution is -2.29. The van der Waals surface area contributed by atoms with E-state index in [1.54, 1.807) is 39.1 Å². The minimum atomic E-state index is -1.09. The molecule has 2 rings (SSSR count). The Morgan fingerprint density at radius 1 is 1.42 bits per heavy atom. The van der Waals surface area contributed by atoms with Crippen LogP contribution in [0.4, 0.5) is 4.39 Å². The summed E-state index contributed by atoms with van der Waals surface area (Å²) < 4.78 is 13.2. The predicted molar refractivity (Wildman–Crippen MR) is 69.4 cm³/mol. The third-order valence-corrected chi connectivity index (χ3v) is 3.17. The van der Waals surface area contributed by atoms with E-state index in [2.05, 4.69) is 9.97 Å². The molecule has 0 spiro atoms. The number of H-pyrrole nitrogens is 1. The third kappa shape index (κ3) is 2.36. The Morgan fingerprint density at radius 3 is 2.68 bits per heavy atom. The molecule has 0 radical (unpaired) electrons. The highest BCUT2D eigenvalue weighted by atomic mass is 19.1. The van der Waals surface area contributed by atoms with E-state index >= 15 is 0 Å². The van der Waals surface area contributed by atoms with Crippen LogP contribution in [0.1, 0.15) is 25.2 Å². The lowest BCUT2D eigenvalue weighted by atomic mass is 9.93. The number of benzene rings is 1. The van der Waals surface area contributed by atoms with Crippen LogP contribution in [0.25, 0.3) is 11.3 Å². The molecule has 0 aliphatic carbocycles. The number of aromatic nitrogens is 2. The van der Waals surface area contributed by atoms with Gasteiger partial charge in [-0.05, 0) is 44.5 Å². The molecule has 2 N–H and O–H groups in total. The molecule has 0 amide bonds. The normalized spacial score (nSPS) is 11.6. The summed E-state index contributed by atoms with van der Waals surface area (Å²) in [5.41, 5.74) is 0.894. The summed E-state index contributed by atoms with van der Waals surface area (Å²) in [5.74, 6) is -0.852. The van der Waals surface area contributed by atoms with E-state index in [0.717, 1.165) is 5.56 Å². The zero-order valence-electron chi connectivity index (χ0n) is 11.0. The van der Waals surface area contributed by atoms with Gasteiger partial charge in [-0.2, -0.15) is 0 Å². The molecule has 1 aromatic carbocycles. The van der Waals surface area contributed by atoms with Crippen LogP contribution >= 0.6 is 0 Å². The van der Waals surface area contributed by atoms with Gasteiger partial charge in [0.15, 0.2) is 0 Å². The van der Waals surface area contributed by atoms with Crippen molar-refractivity contribution in [3.8, 4) is 11.3 Å². The first-order chi connectivity index (χ1) is 8.82. The van der Waals surface area contributed by atoms with E-state index in [4.69, 9.17) is 5.11 Å². The Labute approximate surface area is 110 Å². The van der Waals surface area contributed by atoms with Crippen molar-refractivity contribution >= 4 is 5.97 Å². The fraction of sp³-hybridized carbons (Fsp3) is 0.286. The molecule has 5 heteroatoms. The van der Waals surface area contributed by atoms with Gasteiger partial charge in [-0.3, -0.25) is 4.79 Å². The molecule has 0 aliphatic rings. The average Bonchev–Trinajstić information content (AvgIpc) is 2.82. The molecule has 0 bridgehead atoms. The second-order valence-corrected chi connectivity index (χ2v) is 5.04. The first-order valence-electron chi connectivity index (χ1n) is 5.88. The minimum absolute atomic E-state index is 0.269. The number of aryl methyl sites for hydroxylation is 1. The molecule has 0 atom stereocenters. The number of nitrogens with zero attached hydrogens (tertiary/aromatic N) is 1. The second-order valence-electron chi connectivity index (χ2n) is 5.04. The SMILES string of the molecule is Cc1cc(-c2cnc(C(C)(C)C(=O)O)[nH]2)ccc1F. The van der Waals surface area contributed by atoms with Crippen molar-refractivity contribution in [2.24, 2.45) is 0 Å². The molecular weight excluding hydrogens is 247 g/mol. The first kappa shape index (κ1) is 13.3. The van der Waals surface area contributed by atoms with Crippen molar-refractivity contribution in [3.63, 3.8) is 0 Å². The summed E-state index contributed by atoms with van der Waals surface area (Å²) in [7, 11) is 0. The minimum Gasteiger partial charge on any atom is -0.481 e. The summed E-state index contributed by atoms with van der Waals surface area (Å²) >= 11 is 0. The van der Waals surface area contributed by atoms with Crippen LogP contribution in [0.3, 0.4) is 0 Å². The van der Waals surface area contributed by atoms with Crippen LogP contribution in [0.15, 0.2) is 24.4 Å². The fourth-order valence-corrected chi connectivity index (χ4v) is 1.70. The smallest absolute Gasteiger partial charge is 0.316 e. The van der Waals surface area contributed by atoms with Gasteiger partial charge in [-0.25, -0.2) is 9.37 Å². The van der Waals surface area contributed by atoms with Gasteiger partial charge < -0.3 is 10.1 Å². The van der Waals surface area contributed by atoms with Gasteiger partial charge in [0, 0.05) is 5.56 Å². The number of carbonyl (C=O) groups is 1. The third-order valence-electron chi connectivity index (χ3n) is 3.17. The molecule has 0 unspecified atom stereocenters. The van der Waals surface area contributed by atoms with E-state index < -0.39 is 11.4 Å². The van der Waals surface area contributed by atoms with Crippen LogP contribution < -0.4 is 0 Å². The largest absolute Gasteiger partial charge is 0.481 e. The van der Waals surface area contributed by atoms with E-state index in [0.29, 0.717) is 17.1 Å². The summed E-state index contributed by atoms with van der Waals surface area (Å²) in [4.78, 5) is 18.2. The molecule has 4 nitrogen and oxygen atoms in total. The van der Waals surface area contributed by atoms with E-state index in [-0.39, 0.29) is 5.82 Å². The van der Waals surface area contributed by atoms with Crippen molar-refractivity contribution in [2.45, 2.75) is 26.2 Å². The Bertz CT molecular complexity index is 632. The number of nitrogens with one attached hydrogen (secondary N) is 1. The van der Waals surface area contributed by atoms with E-state index in [1.165, 1.54) is 6.07 Å². The van der Waals surface area contributed by atoms with Crippen molar-refractivity contribution < 1.29 is 14.3 Å². The van der Waals surface area contributed by atoms with Crippen molar-refractivity contribution in [1.82, 2.24) is 9.97 Å². The zero-order valence-corrected chi connectivity index (χ0v) is 11.0. The van der Waals surface area contributed by atoms with E-state index in [1.807, 2.05) is 0 Å². The predicted octanol–water partition coefficient (Wildman–Crippen LogP) is 2.89. The zero-order chi connectivity index (χ0) is 14.2. The van der Waals surface area contributed by atoms with Crippen LogP contribution in [0, 0.1) is 12.7 Å². The van der Waals surface area contributed by atoms with Crippen molar-refractivity contribution in [2.75, 3.05) is 0 Å². The Kier molecular flexibility index (Phi) is 3.14. The topological polar surface area (TPSA) is 66.0 Å². The highest BCUT2D eigenvalue weighted by Gasteiger charge is 2.32. The standard InChI is InChI=1S/C14H15FN2O2/c1-8-6-9(4-5-10(8)15)11-7-16-12(17-11)14(2,3)13(18)19/h4-7H,1-3H3,(H,16,17)(H,18,19). The van der Waals surface area contributed by atoms with Crippen LogP contribution in [0.5, 0.6) is 0 Å². The number of imidazole rings is 1. The van der Waals surface area contributed by atoms with Gasteiger partial charge >= 0.3 is 5.97 Å². The Balaban J connectivity index is 2.41. The number of aliphatic carboxylic acids is 1. The van der Waals surface area contributed by atoms with Crippen molar-refractivity contribution in [3.05, 3.63) is 41.6 Å². The van der Waals surface area contributed by atoms with Crippen molar-refractivity contribution in [1.29, 1.82) is 0 Å². The molecular formula is C14H15FN2O2. The van der Waals surface area contributed by atoms with Gasteiger partial charge in [0.05, 0.1) is 11.9 Å². The van der Waals surface area contributed by atoms with Crippen LogP contribution in [-0.2, 0) is 10.2 Å². The Morgan fingerprint density at radius 2 is 2.11 bits per heavy atom. The number of carboxylic acid groups (broad SMARTS) is 1. The fourth-order valence-electron chi connectivity index (χ4n) is 1.70. The number of aromatic amines is 1. The summed E-state index contributed by atoms with van der Waals surface area (Å²) in [6.07, 6.45) is 1.56. The monoisotopic (exact) mass is 262 g/mol. The number of carboxylic acids is 1. The molecule has 19 heavy (non-hydrogen) atoms. The summed E-state index contributed by atoms with van der Waals surface area (Å²) in [5, 5.41) is 9.15. The maximum Gasteiger partial charge on any atom is 0.316 e. The van der Waals surface area contributed by atoms with Gasteiger partial charge in [0.1, 0.15) is 17.1 Å². The number of hydrogen-bond donors (Lipinski definition) is 2. The molecule has 0 saturated carbocycles. The summed E-state index contributed by atoms with van der Waals surface area (Å²) in [6.45, 7) is 4.83. The molecule has 0 aliphatic heterocycles. The lowest BCUT2D eigenvalue weighted by molar-refractivity contribution is -0.142. The highest BCUT2D eigenvalue weighted by Crippen LogP contribution is 2.25. The molecule has 100 valence electrons. The second kappa shape index (κ2) is 4.50. The molecule has 0 saturated heterocycles. The average molecular weight is 262 g/mol. The van der Waals surface area contributed by atoms with Gasteiger partial charge in [0.25, 0.3) is 0 Å². The van der Waals surface area contributed by atoms with Gasteiger partial charge in [0.2, 0.25) is 0 Å². The Hall–Kier alpha value is -2.17.